The van der Waals surface area contributed by atoms with Crippen molar-refractivity contribution in [1.82, 2.24) is 9.55 Å². The second-order valence-electron chi connectivity index (χ2n) is 7.88. The third-order valence-corrected chi connectivity index (χ3v) is 5.42. The fourth-order valence-corrected chi connectivity index (χ4v) is 3.31. The molecule has 1 aromatic heterocycles. The van der Waals surface area contributed by atoms with Crippen LogP contribution < -0.4 is 17.0 Å². The summed E-state index contributed by atoms with van der Waals surface area (Å²) >= 11 is 5.90. The molecule has 0 saturated carbocycles. The highest BCUT2D eigenvalue weighted by atomic mass is 35.5. The number of benzene rings is 1. The Hall–Kier alpha value is -2.24. The first-order chi connectivity index (χ1) is 15.2. The van der Waals surface area contributed by atoms with E-state index >= 15 is 0 Å². The van der Waals surface area contributed by atoms with Gasteiger partial charge in [-0.1, -0.05) is 37.6 Å². The number of aromatic amines is 1. The van der Waals surface area contributed by atoms with Crippen LogP contribution in [0, 0.1) is 11.7 Å². The van der Waals surface area contributed by atoms with E-state index in [2.05, 4.69) is 0 Å². The van der Waals surface area contributed by atoms with Gasteiger partial charge in [0.15, 0.2) is 0 Å². The van der Waals surface area contributed by atoms with E-state index in [0.717, 1.165) is 16.3 Å². The van der Waals surface area contributed by atoms with Crippen molar-refractivity contribution in [3.8, 4) is 0 Å². The lowest BCUT2D eigenvalue weighted by Gasteiger charge is -2.21. The number of H-pyrrole nitrogens is 1. The first-order valence-electron chi connectivity index (χ1n) is 10.1. The molecule has 33 heavy (non-hydrogen) atoms. The van der Waals surface area contributed by atoms with Crippen molar-refractivity contribution in [2.45, 2.75) is 51.4 Å². The smallest absolute Gasteiger partial charge is 0.330 e. The molecule has 1 aliphatic rings. The first kappa shape index (κ1) is 27.0. The summed E-state index contributed by atoms with van der Waals surface area (Å²) in [6, 6.07) is 6.26. The van der Waals surface area contributed by atoms with E-state index in [9.17, 15) is 18.8 Å². The predicted molar refractivity (Wildman–Crippen MR) is 121 cm³/mol. The summed E-state index contributed by atoms with van der Waals surface area (Å²) in [7, 11) is 0. The zero-order valence-corrected chi connectivity index (χ0v) is 19.6. The summed E-state index contributed by atoms with van der Waals surface area (Å²) < 4.78 is 31.8. The molecule has 1 unspecified atom stereocenters. The number of rotatable bonds is 8. The third kappa shape index (κ3) is 6.87. The van der Waals surface area contributed by atoms with E-state index in [1.165, 1.54) is 0 Å². The molecule has 182 valence electrons. The number of halogens is 3. The topological polar surface area (TPSA) is 126 Å². The van der Waals surface area contributed by atoms with Gasteiger partial charge in [0.05, 0.1) is 18.9 Å². The molecule has 0 amide bonds. The molecule has 1 fully saturated rings. The number of hydrogen-bond donors (Lipinski definition) is 2. The van der Waals surface area contributed by atoms with E-state index in [1.807, 2.05) is 4.98 Å². The summed E-state index contributed by atoms with van der Waals surface area (Å²) in [5.41, 5.74) is 4.73. The molecular formula is C21H26Cl2FN3O6. The molecule has 3 rings (SSSR count). The standard InChI is InChI=1S/C21H25ClFN3O6.ClH/c1-11(2)18(24)20(28)31-10-16-15(30-9-12-3-5-13(22)6-4-12)7-17(32-16)26-8-14(23)19(27)25-21(26)29;/h3-6,8,11,15-18H,7,9-10,24H2,1-2H3,(H,25,27,29);1H/t15?,16-,17-,18-;/m0./s1. The number of aromatic nitrogens is 2. The molecule has 0 radical (unpaired) electrons. The SMILES string of the molecule is CC(C)[C@H](N)C(=O)OC[C@@H]1O[C@H](n2cc(F)c(=O)[nH]c2=O)CC1OCc1ccc(Cl)cc1.Cl. The number of ether oxygens (including phenoxy) is 3. The first-order valence-corrected chi connectivity index (χ1v) is 10.5. The second-order valence-corrected chi connectivity index (χ2v) is 8.32. The van der Waals surface area contributed by atoms with Gasteiger partial charge in [0.25, 0.3) is 5.56 Å². The Balaban J connectivity index is 0.00000385. The number of nitrogens with one attached hydrogen (secondary N) is 1. The summed E-state index contributed by atoms with van der Waals surface area (Å²) in [5, 5.41) is 0.587. The molecule has 0 aliphatic carbocycles. The zero-order chi connectivity index (χ0) is 23.4. The third-order valence-electron chi connectivity index (χ3n) is 5.17. The molecule has 9 nitrogen and oxygen atoms in total. The minimum absolute atomic E-state index is 0. The van der Waals surface area contributed by atoms with Gasteiger partial charge < -0.3 is 19.9 Å². The minimum atomic E-state index is -1.12. The molecule has 4 atom stereocenters. The maximum atomic E-state index is 13.7. The molecule has 2 heterocycles. The highest BCUT2D eigenvalue weighted by Crippen LogP contribution is 2.31. The van der Waals surface area contributed by atoms with E-state index in [-0.39, 0.29) is 38.0 Å². The molecule has 3 N–H and O–H groups in total. The maximum absolute atomic E-state index is 13.7. The summed E-state index contributed by atoms with van der Waals surface area (Å²) in [4.78, 5) is 37.5. The second kappa shape index (κ2) is 11.8. The maximum Gasteiger partial charge on any atom is 0.330 e. The summed E-state index contributed by atoms with van der Waals surface area (Å²) in [6.07, 6.45) is -1.30. The van der Waals surface area contributed by atoms with Gasteiger partial charge >= 0.3 is 11.7 Å². The minimum Gasteiger partial charge on any atom is -0.462 e. The molecular weight excluding hydrogens is 480 g/mol. The van der Waals surface area contributed by atoms with Crippen molar-refractivity contribution >= 4 is 30.0 Å². The highest BCUT2D eigenvalue weighted by Gasteiger charge is 2.39. The monoisotopic (exact) mass is 505 g/mol. The van der Waals surface area contributed by atoms with Crippen LogP contribution in [0.4, 0.5) is 4.39 Å². The van der Waals surface area contributed by atoms with E-state index in [4.69, 9.17) is 31.5 Å². The van der Waals surface area contributed by atoms with Gasteiger partial charge in [-0.2, -0.15) is 4.39 Å². The van der Waals surface area contributed by atoms with Gasteiger partial charge in [-0.25, -0.2) is 4.79 Å². The Morgan fingerprint density at radius 1 is 1.33 bits per heavy atom. The fraction of sp³-hybridized carbons (Fsp3) is 0.476. The van der Waals surface area contributed by atoms with Gasteiger partial charge in [-0.15, -0.1) is 12.4 Å². The number of hydrogen-bond acceptors (Lipinski definition) is 7. The summed E-state index contributed by atoms with van der Waals surface area (Å²) in [6.45, 7) is 3.64. The zero-order valence-electron chi connectivity index (χ0n) is 18.0. The van der Waals surface area contributed by atoms with Crippen molar-refractivity contribution in [2.24, 2.45) is 11.7 Å². The number of esters is 1. The number of carbonyl (C=O) groups is 1. The Morgan fingerprint density at radius 2 is 2.00 bits per heavy atom. The lowest BCUT2D eigenvalue weighted by atomic mass is 10.1. The molecule has 0 bridgehead atoms. The average Bonchev–Trinajstić information content (AvgIpc) is 3.16. The van der Waals surface area contributed by atoms with Crippen LogP contribution >= 0.6 is 24.0 Å². The van der Waals surface area contributed by atoms with Crippen LogP contribution in [-0.4, -0.2) is 40.4 Å². The Kier molecular flexibility index (Phi) is 9.62. The lowest BCUT2D eigenvalue weighted by molar-refractivity contribution is -0.154. The molecule has 0 spiro atoms. The molecule has 1 aromatic carbocycles. The molecule has 1 aliphatic heterocycles. The van der Waals surface area contributed by atoms with Crippen molar-refractivity contribution in [3.63, 3.8) is 0 Å². The van der Waals surface area contributed by atoms with Crippen molar-refractivity contribution in [1.29, 1.82) is 0 Å². The molecule has 2 aromatic rings. The van der Waals surface area contributed by atoms with Crippen LogP contribution in [0.2, 0.25) is 5.02 Å². The van der Waals surface area contributed by atoms with Gasteiger partial charge in [0.2, 0.25) is 5.82 Å². The van der Waals surface area contributed by atoms with Crippen molar-refractivity contribution < 1.29 is 23.4 Å². The van der Waals surface area contributed by atoms with E-state index in [1.54, 1.807) is 38.1 Å². The quantitative estimate of drug-likeness (QED) is 0.526. The van der Waals surface area contributed by atoms with Crippen LogP contribution in [0.1, 0.15) is 32.1 Å². The van der Waals surface area contributed by atoms with Crippen molar-refractivity contribution in [3.05, 3.63) is 67.7 Å². The number of carbonyl (C=O) groups excluding carboxylic acids is 1. The fourth-order valence-electron chi connectivity index (χ4n) is 3.19. The number of nitrogens with zero attached hydrogens (tertiary/aromatic N) is 1. The average molecular weight is 506 g/mol. The summed E-state index contributed by atoms with van der Waals surface area (Å²) in [5.74, 6) is -1.82. The Morgan fingerprint density at radius 3 is 2.64 bits per heavy atom. The van der Waals surface area contributed by atoms with E-state index < -0.39 is 47.5 Å². The molecule has 12 heteroatoms. The lowest BCUT2D eigenvalue weighted by Crippen LogP contribution is -2.39. The van der Waals surface area contributed by atoms with Crippen LogP contribution in [0.3, 0.4) is 0 Å². The highest BCUT2D eigenvalue weighted by molar-refractivity contribution is 6.30. The van der Waals surface area contributed by atoms with Crippen LogP contribution in [-0.2, 0) is 25.6 Å². The van der Waals surface area contributed by atoms with E-state index in [0.29, 0.717) is 5.02 Å². The largest absolute Gasteiger partial charge is 0.462 e. The number of nitrogens with two attached hydrogens (primary N) is 1. The van der Waals surface area contributed by atoms with Gasteiger partial charge in [0, 0.05) is 11.4 Å². The normalized spacial score (nSPS) is 21.0. The van der Waals surface area contributed by atoms with Crippen molar-refractivity contribution in [2.75, 3.05) is 6.61 Å². The molecule has 1 saturated heterocycles. The Bertz CT molecular complexity index is 1060. The van der Waals surface area contributed by atoms with Gasteiger partial charge in [-0.05, 0) is 23.6 Å². The van der Waals surface area contributed by atoms with Crippen LogP contribution in [0.5, 0.6) is 0 Å². The van der Waals surface area contributed by atoms with Crippen LogP contribution in [0.15, 0.2) is 40.1 Å². The van der Waals surface area contributed by atoms with Crippen LogP contribution in [0.25, 0.3) is 0 Å². The van der Waals surface area contributed by atoms with Gasteiger partial charge in [0.1, 0.15) is 25.0 Å². The van der Waals surface area contributed by atoms with Gasteiger partial charge in [-0.3, -0.25) is 19.1 Å². The predicted octanol–water partition coefficient (Wildman–Crippen LogP) is 2.15. The Labute approximate surface area is 200 Å².